The van der Waals surface area contributed by atoms with Crippen molar-refractivity contribution in [3.63, 3.8) is 0 Å². The van der Waals surface area contributed by atoms with Gasteiger partial charge in [-0.05, 0) is 42.7 Å². The van der Waals surface area contributed by atoms with Crippen molar-refractivity contribution in [1.82, 2.24) is 5.32 Å². The minimum Gasteiger partial charge on any atom is -0.310 e. The lowest BCUT2D eigenvalue weighted by Gasteiger charge is -2.22. The van der Waals surface area contributed by atoms with Crippen LogP contribution in [0.1, 0.15) is 63.5 Å². The maximum atomic E-state index is 3.69. The van der Waals surface area contributed by atoms with Crippen LogP contribution < -0.4 is 5.32 Å². The Morgan fingerprint density at radius 3 is 2.56 bits per heavy atom. The van der Waals surface area contributed by atoms with Crippen molar-refractivity contribution < 1.29 is 0 Å². The topological polar surface area (TPSA) is 12.0 Å². The largest absolute Gasteiger partial charge is 0.310 e. The molecule has 1 aromatic carbocycles. The van der Waals surface area contributed by atoms with Crippen molar-refractivity contribution >= 4 is 0 Å². The molecule has 1 aliphatic carbocycles. The molecule has 1 aromatic rings. The number of benzene rings is 1. The van der Waals surface area contributed by atoms with Gasteiger partial charge in [0.2, 0.25) is 0 Å². The molecule has 0 radical (unpaired) electrons. The Hall–Kier alpha value is -0.820. The summed E-state index contributed by atoms with van der Waals surface area (Å²) in [5.74, 6) is 1.66. The quantitative estimate of drug-likeness (QED) is 0.747. The molecular formula is C17H27N. The van der Waals surface area contributed by atoms with Gasteiger partial charge in [0.05, 0.1) is 0 Å². The van der Waals surface area contributed by atoms with Crippen LogP contribution in [0.25, 0.3) is 0 Å². The van der Waals surface area contributed by atoms with E-state index >= 15 is 0 Å². The van der Waals surface area contributed by atoms with Crippen LogP contribution in [0.4, 0.5) is 0 Å². The summed E-state index contributed by atoms with van der Waals surface area (Å²) < 4.78 is 0. The molecule has 1 nitrogen and oxygen atoms in total. The van der Waals surface area contributed by atoms with E-state index in [0.29, 0.717) is 6.04 Å². The molecule has 1 saturated carbocycles. The van der Waals surface area contributed by atoms with Crippen LogP contribution in [-0.4, -0.2) is 6.04 Å². The average Bonchev–Trinajstić information content (AvgIpc) is 3.22. The Labute approximate surface area is 112 Å². The molecule has 0 saturated heterocycles. The molecule has 1 atom stereocenters. The molecule has 0 bridgehead atoms. The third kappa shape index (κ3) is 3.58. The van der Waals surface area contributed by atoms with E-state index in [1.165, 1.54) is 31.2 Å². The van der Waals surface area contributed by atoms with Gasteiger partial charge >= 0.3 is 0 Å². The summed E-state index contributed by atoms with van der Waals surface area (Å²) in [5.41, 5.74) is 2.99. The second-order valence-electron chi connectivity index (χ2n) is 5.77. The second-order valence-corrected chi connectivity index (χ2v) is 5.77. The van der Waals surface area contributed by atoms with E-state index in [1.54, 1.807) is 5.56 Å². The normalized spacial score (nSPS) is 17.1. The number of rotatable bonds is 7. The van der Waals surface area contributed by atoms with Crippen LogP contribution in [0, 0.1) is 5.92 Å². The van der Waals surface area contributed by atoms with Crippen molar-refractivity contribution in [1.29, 1.82) is 0 Å². The fourth-order valence-electron chi connectivity index (χ4n) is 2.81. The third-order valence-electron chi connectivity index (χ3n) is 4.38. The van der Waals surface area contributed by atoms with E-state index < -0.39 is 0 Å². The molecule has 0 aliphatic heterocycles. The molecule has 1 unspecified atom stereocenters. The summed E-state index contributed by atoms with van der Waals surface area (Å²) >= 11 is 0. The van der Waals surface area contributed by atoms with Gasteiger partial charge < -0.3 is 5.32 Å². The summed E-state index contributed by atoms with van der Waals surface area (Å²) in [6, 6.07) is 9.75. The van der Waals surface area contributed by atoms with Crippen molar-refractivity contribution in [3.8, 4) is 0 Å². The number of nitrogens with one attached hydrogen (secondary N) is 1. The van der Waals surface area contributed by atoms with Gasteiger partial charge in [-0.2, -0.15) is 0 Å². The molecule has 1 fully saturated rings. The van der Waals surface area contributed by atoms with E-state index in [-0.39, 0.29) is 0 Å². The molecule has 1 aliphatic rings. The minimum absolute atomic E-state index is 0.615. The number of hydrogen-bond donors (Lipinski definition) is 1. The summed E-state index contributed by atoms with van der Waals surface area (Å²) in [7, 11) is 0. The van der Waals surface area contributed by atoms with Gasteiger partial charge in [-0.15, -0.1) is 0 Å². The van der Waals surface area contributed by atoms with Gasteiger partial charge in [-0.1, -0.05) is 51.0 Å². The second kappa shape index (κ2) is 6.38. The fourth-order valence-corrected chi connectivity index (χ4v) is 2.81. The van der Waals surface area contributed by atoms with Gasteiger partial charge in [0, 0.05) is 12.6 Å². The highest BCUT2D eigenvalue weighted by atomic mass is 14.9. The first kappa shape index (κ1) is 13.6. The zero-order valence-corrected chi connectivity index (χ0v) is 12.1. The molecular weight excluding hydrogens is 218 g/mol. The Balaban J connectivity index is 1.87. The van der Waals surface area contributed by atoms with E-state index in [1.807, 2.05) is 0 Å². The Morgan fingerprint density at radius 1 is 1.22 bits per heavy atom. The molecule has 1 heteroatoms. The molecule has 0 spiro atoms. The monoisotopic (exact) mass is 245 g/mol. The zero-order valence-electron chi connectivity index (χ0n) is 12.1. The Morgan fingerprint density at radius 2 is 1.94 bits per heavy atom. The van der Waals surface area contributed by atoms with Crippen molar-refractivity contribution in [3.05, 3.63) is 35.4 Å². The minimum atomic E-state index is 0.615. The van der Waals surface area contributed by atoms with E-state index in [2.05, 4.69) is 50.4 Å². The molecule has 100 valence electrons. The van der Waals surface area contributed by atoms with Crippen molar-refractivity contribution in [2.75, 3.05) is 0 Å². The van der Waals surface area contributed by atoms with Gasteiger partial charge in [0.25, 0.3) is 0 Å². The average molecular weight is 245 g/mol. The molecule has 18 heavy (non-hydrogen) atoms. The summed E-state index contributed by atoms with van der Waals surface area (Å²) in [6.45, 7) is 7.92. The van der Waals surface area contributed by atoms with E-state index in [9.17, 15) is 0 Å². The smallest absolute Gasteiger partial charge is 0.0208 e. The predicted octanol–water partition coefficient (Wildman–Crippen LogP) is 4.48. The maximum Gasteiger partial charge on any atom is 0.0208 e. The van der Waals surface area contributed by atoms with Crippen LogP contribution in [-0.2, 0) is 6.54 Å². The van der Waals surface area contributed by atoms with Gasteiger partial charge in [-0.3, -0.25) is 0 Å². The first-order valence-corrected chi connectivity index (χ1v) is 7.56. The molecule has 2 rings (SSSR count). The standard InChI is InChI=1S/C17H27N/c1-4-15(5-2)13(3)18-12-14-7-6-8-17(11-14)16-9-10-16/h6-8,11,13,15-16,18H,4-5,9-10,12H2,1-3H3. The molecule has 0 aromatic heterocycles. The highest BCUT2D eigenvalue weighted by Gasteiger charge is 2.23. The number of hydrogen-bond acceptors (Lipinski definition) is 1. The van der Waals surface area contributed by atoms with Crippen molar-refractivity contribution in [2.45, 2.75) is 65.0 Å². The first-order valence-electron chi connectivity index (χ1n) is 7.56. The van der Waals surface area contributed by atoms with Crippen LogP contribution >= 0.6 is 0 Å². The lowest BCUT2D eigenvalue weighted by atomic mass is 9.95. The zero-order chi connectivity index (χ0) is 13.0. The van der Waals surface area contributed by atoms with Crippen LogP contribution in [0.15, 0.2) is 24.3 Å². The van der Waals surface area contributed by atoms with Crippen molar-refractivity contribution in [2.24, 2.45) is 5.92 Å². The lowest BCUT2D eigenvalue weighted by Crippen LogP contribution is -2.32. The SMILES string of the molecule is CCC(CC)C(C)NCc1cccc(C2CC2)c1. The maximum absolute atomic E-state index is 3.69. The summed E-state index contributed by atoms with van der Waals surface area (Å²) in [4.78, 5) is 0. The van der Waals surface area contributed by atoms with E-state index in [0.717, 1.165) is 18.4 Å². The Kier molecular flexibility index (Phi) is 4.82. The van der Waals surface area contributed by atoms with Crippen LogP contribution in [0.3, 0.4) is 0 Å². The molecule has 1 N–H and O–H groups in total. The third-order valence-corrected chi connectivity index (χ3v) is 4.38. The van der Waals surface area contributed by atoms with Gasteiger partial charge in [-0.25, -0.2) is 0 Å². The first-order chi connectivity index (χ1) is 8.74. The predicted molar refractivity (Wildman–Crippen MR) is 78.8 cm³/mol. The molecule has 0 heterocycles. The summed E-state index contributed by atoms with van der Waals surface area (Å²) in [6.07, 6.45) is 5.32. The van der Waals surface area contributed by atoms with E-state index in [4.69, 9.17) is 0 Å². The lowest BCUT2D eigenvalue weighted by molar-refractivity contribution is 0.353. The van der Waals surface area contributed by atoms with Gasteiger partial charge in [0.15, 0.2) is 0 Å². The Bertz CT molecular complexity index is 364. The molecule has 0 amide bonds. The highest BCUT2D eigenvalue weighted by molar-refractivity contribution is 5.29. The summed E-state index contributed by atoms with van der Waals surface area (Å²) in [5, 5.41) is 3.69. The fraction of sp³-hybridized carbons (Fsp3) is 0.647. The van der Waals surface area contributed by atoms with Gasteiger partial charge in [0.1, 0.15) is 0 Å². The van der Waals surface area contributed by atoms with Crippen LogP contribution in [0.2, 0.25) is 0 Å². The van der Waals surface area contributed by atoms with Crippen LogP contribution in [0.5, 0.6) is 0 Å². The highest BCUT2D eigenvalue weighted by Crippen LogP contribution is 2.40.